The highest BCUT2D eigenvalue weighted by atomic mass is 15.1. The molecule has 0 unspecified atom stereocenters. The first-order valence-corrected chi connectivity index (χ1v) is 10.3. The van der Waals surface area contributed by atoms with Crippen LogP contribution in [0.25, 0.3) is 0 Å². The summed E-state index contributed by atoms with van der Waals surface area (Å²) in [6.45, 7) is 4.80. The molecule has 0 amide bonds. The van der Waals surface area contributed by atoms with Crippen molar-refractivity contribution in [3.8, 4) is 0 Å². The molecular formula is C20H38N2. The van der Waals surface area contributed by atoms with Gasteiger partial charge in [0.25, 0.3) is 0 Å². The van der Waals surface area contributed by atoms with E-state index in [4.69, 9.17) is 5.73 Å². The maximum absolute atomic E-state index is 5.71. The molecule has 0 aromatic heterocycles. The van der Waals surface area contributed by atoms with Crippen molar-refractivity contribution in [2.75, 3.05) is 26.2 Å². The van der Waals surface area contributed by atoms with E-state index >= 15 is 0 Å². The average Bonchev–Trinajstić information content (AvgIpc) is 2.62. The fraction of sp³-hybridized carbons (Fsp3) is 1.00. The van der Waals surface area contributed by atoms with E-state index in [0.717, 1.165) is 23.8 Å². The van der Waals surface area contributed by atoms with Crippen LogP contribution >= 0.6 is 0 Å². The fourth-order valence-electron chi connectivity index (χ4n) is 6.01. The highest BCUT2D eigenvalue weighted by Crippen LogP contribution is 2.54. The van der Waals surface area contributed by atoms with E-state index < -0.39 is 0 Å². The summed E-state index contributed by atoms with van der Waals surface area (Å²) in [7, 11) is 0. The van der Waals surface area contributed by atoms with Crippen molar-refractivity contribution in [3.63, 3.8) is 0 Å². The average molecular weight is 307 g/mol. The Hall–Kier alpha value is -0.0800. The van der Waals surface area contributed by atoms with Crippen LogP contribution in [-0.2, 0) is 0 Å². The minimum absolute atomic E-state index is 0.722. The number of rotatable bonds is 5. The van der Waals surface area contributed by atoms with Crippen molar-refractivity contribution >= 4 is 0 Å². The molecule has 2 nitrogen and oxygen atoms in total. The molecule has 2 saturated carbocycles. The molecule has 22 heavy (non-hydrogen) atoms. The summed E-state index contributed by atoms with van der Waals surface area (Å²) < 4.78 is 0. The Labute approximate surface area is 138 Å². The molecule has 3 rings (SSSR count). The first kappa shape index (κ1) is 16.8. The van der Waals surface area contributed by atoms with Gasteiger partial charge in [-0.2, -0.15) is 0 Å². The van der Waals surface area contributed by atoms with E-state index in [1.807, 2.05) is 0 Å². The standard InChI is InChI=1S/C20H38N2/c21-14-7-15-22-16-12-20(13-17-22,18-8-3-1-4-9-18)19-10-5-2-6-11-19/h18-19H,1-17,21H2. The van der Waals surface area contributed by atoms with Crippen LogP contribution in [0.1, 0.15) is 83.5 Å². The largest absolute Gasteiger partial charge is 0.330 e. The topological polar surface area (TPSA) is 29.3 Å². The second kappa shape index (κ2) is 8.15. The van der Waals surface area contributed by atoms with Gasteiger partial charge in [0.05, 0.1) is 0 Å². The molecule has 2 heteroatoms. The van der Waals surface area contributed by atoms with Crippen LogP contribution in [0.4, 0.5) is 0 Å². The van der Waals surface area contributed by atoms with Gasteiger partial charge in [0.2, 0.25) is 0 Å². The third-order valence-corrected chi connectivity index (χ3v) is 7.30. The molecule has 128 valence electrons. The van der Waals surface area contributed by atoms with Gasteiger partial charge in [-0.1, -0.05) is 38.5 Å². The lowest BCUT2D eigenvalue weighted by Gasteiger charge is -2.53. The molecule has 1 saturated heterocycles. The molecule has 3 fully saturated rings. The summed E-state index contributed by atoms with van der Waals surface area (Å²) >= 11 is 0. The van der Waals surface area contributed by atoms with E-state index in [0.29, 0.717) is 0 Å². The van der Waals surface area contributed by atoms with Crippen LogP contribution in [0.5, 0.6) is 0 Å². The predicted molar refractivity (Wildman–Crippen MR) is 94.9 cm³/mol. The van der Waals surface area contributed by atoms with Gasteiger partial charge in [-0.25, -0.2) is 0 Å². The lowest BCUT2D eigenvalue weighted by molar-refractivity contribution is -0.0352. The SMILES string of the molecule is NCCCN1CCC(C2CCCCC2)(C2CCCCC2)CC1. The van der Waals surface area contributed by atoms with Crippen LogP contribution in [0.2, 0.25) is 0 Å². The van der Waals surface area contributed by atoms with Crippen molar-refractivity contribution in [3.05, 3.63) is 0 Å². The van der Waals surface area contributed by atoms with Gasteiger partial charge in [-0.05, 0) is 88.4 Å². The van der Waals surface area contributed by atoms with E-state index in [1.165, 1.54) is 77.4 Å². The molecule has 0 radical (unpaired) electrons. The Kier molecular flexibility index (Phi) is 6.21. The third kappa shape index (κ3) is 3.70. The lowest BCUT2D eigenvalue weighted by atomic mass is 9.55. The van der Waals surface area contributed by atoms with E-state index in [2.05, 4.69) is 4.90 Å². The summed E-state index contributed by atoms with van der Waals surface area (Å²) in [6, 6.07) is 0. The molecule has 0 aromatic carbocycles. The van der Waals surface area contributed by atoms with Crippen LogP contribution in [0, 0.1) is 17.3 Å². The molecule has 0 aromatic rings. The number of likely N-dealkylation sites (tertiary alicyclic amines) is 1. The van der Waals surface area contributed by atoms with Gasteiger partial charge >= 0.3 is 0 Å². The van der Waals surface area contributed by atoms with Crippen LogP contribution in [-0.4, -0.2) is 31.1 Å². The van der Waals surface area contributed by atoms with E-state index in [1.54, 1.807) is 25.7 Å². The Balaban J connectivity index is 1.67. The molecule has 1 heterocycles. The van der Waals surface area contributed by atoms with Crippen molar-refractivity contribution in [1.29, 1.82) is 0 Å². The molecule has 2 aliphatic carbocycles. The number of nitrogens with two attached hydrogens (primary N) is 1. The van der Waals surface area contributed by atoms with Crippen LogP contribution < -0.4 is 5.73 Å². The normalized spacial score (nSPS) is 28.8. The number of nitrogens with zero attached hydrogens (tertiary/aromatic N) is 1. The molecular weight excluding hydrogens is 268 g/mol. The molecule has 0 spiro atoms. The Morgan fingerprint density at radius 1 is 0.773 bits per heavy atom. The predicted octanol–water partition coefficient (Wildman–Crippen LogP) is 4.58. The van der Waals surface area contributed by atoms with Gasteiger partial charge in [-0.3, -0.25) is 0 Å². The van der Waals surface area contributed by atoms with E-state index in [9.17, 15) is 0 Å². The molecule has 0 atom stereocenters. The Bertz CT molecular complexity index is 288. The lowest BCUT2D eigenvalue weighted by Crippen LogP contribution is -2.49. The summed E-state index contributed by atoms with van der Waals surface area (Å²) in [5.74, 6) is 2.11. The first-order chi connectivity index (χ1) is 10.8. The minimum atomic E-state index is 0.722. The maximum Gasteiger partial charge on any atom is -0.000671 e. The number of hydrogen-bond acceptors (Lipinski definition) is 2. The number of hydrogen-bond donors (Lipinski definition) is 1. The highest BCUT2D eigenvalue weighted by Gasteiger charge is 2.46. The fourth-order valence-corrected chi connectivity index (χ4v) is 6.01. The Morgan fingerprint density at radius 2 is 1.27 bits per heavy atom. The summed E-state index contributed by atoms with van der Waals surface area (Å²) in [6.07, 6.45) is 19.4. The van der Waals surface area contributed by atoms with Gasteiger partial charge < -0.3 is 10.6 Å². The van der Waals surface area contributed by atoms with Crippen molar-refractivity contribution < 1.29 is 0 Å². The second-order valence-corrected chi connectivity index (χ2v) is 8.39. The number of piperidine rings is 1. The van der Waals surface area contributed by atoms with Crippen molar-refractivity contribution in [2.24, 2.45) is 23.0 Å². The van der Waals surface area contributed by atoms with Gasteiger partial charge in [0, 0.05) is 0 Å². The maximum atomic E-state index is 5.71. The Morgan fingerprint density at radius 3 is 1.73 bits per heavy atom. The van der Waals surface area contributed by atoms with E-state index in [-0.39, 0.29) is 0 Å². The minimum Gasteiger partial charge on any atom is -0.330 e. The molecule has 2 N–H and O–H groups in total. The smallest absolute Gasteiger partial charge is 0.000671 e. The van der Waals surface area contributed by atoms with Gasteiger partial charge in [0.15, 0.2) is 0 Å². The third-order valence-electron chi connectivity index (χ3n) is 7.30. The molecule has 1 aliphatic heterocycles. The summed E-state index contributed by atoms with van der Waals surface area (Å²) in [4.78, 5) is 2.71. The van der Waals surface area contributed by atoms with Gasteiger partial charge in [0.1, 0.15) is 0 Å². The quantitative estimate of drug-likeness (QED) is 0.805. The van der Waals surface area contributed by atoms with Crippen LogP contribution in [0.3, 0.4) is 0 Å². The van der Waals surface area contributed by atoms with Crippen molar-refractivity contribution in [1.82, 2.24) is 4.90 Å². The molecule has 3 aliphatic rings. The zero-order valence-electron chi connectivity index (χ0n) is 14.7. The first-order valence-electron chi connectivity index (χ1n) is 10.3. The molecule has 0 bridgehead atoms. The van der Waals surface area contributed by atoms with Gasteiger partial charge in [-0.15, -0.1) is 0 Å². The zero-order chi connectivity index (χ0) is 15.3. The summed E-state index contributed by atoms with van der Waals surface area (Å²) in [5.41, 5.74) is 6.43. The highest BCUT2D eigenvalue weighted by molar-refractivity contribution is 4.97. The summed E-state index contributed by atoms with van der Waals surface area (Å²) in [5, 5.41) is 0. The van der Waals surface area contributed by atoms with Crippen LogP contribution in [0.15, 0.2) is 0 Å². The second-order valence-electron chi connectivity index (χ2n) is 8.39. The monoisotopic (exact) mass is 306 g/mol. The van der Waals surface area contributed by atoms with Crippen molar-refractivity contribution in [2.45, 2.75) is 83.5 Å². The zero-order valence-corrected chi connectivity index (χ0v) is 14.7.